The van der Waals surface area contributed by atoms with Crippen molar-refractivity contribution in [3.05, 3.63) is 11.5 Å². The van der Waals surface area contributed by atoms with Gasteiger partial charge in [-0.05, 0) is 44.4 Å². The number of hydrogen-bond acceptors (Lipinski definition) is 6. The Balaban J connectivity index is 1.54. The van der Waals surface area contributed by atoms with Gasteiger partial charge in [0.15, 0.2) is 5.76 Å². The van der Waals surface area contributed by atoms with E-state index in [1.165, 1.54) is 13.3 Å². The van der Waals surface area contributed by atoms with Crippen molar-refractivity contribution in [3.8, 4) is 0 Å². The third-order valence-electron chi connectivity index (χ3n) is 6.71. The minimum Gasteiger partial charge on any atom is -0.360 e. The van der Waals surface area contributed by atoms with Crippen LogP contribution in [0.1, 0.15) is 57.9 Å². The number of aryl methyl sites for hydroxylation is 2. The summed E-state index contributed by atoms with van der Waals surface area (Å²) >= 11 is 0. The standard InChI is InChI=1S/C18H28N4O4S/c1-11-16(12(2)26-22-11)27(24,25)19-9-7-15(23)21-20-14-10-13-6-8-18(14,5)17(13,3)4/h13,19H,6-10H2,1-5H3,(H,21,23)/b20-14+/t13-,18+/m1/s1. The van der Waals surface area contributed by atoms with Gasteiger partial charge in [0.25, 0.3) is 0 Å². The normalized spacial score (nSPS) is 28.0. The van der Waals surface area contributed by atoms with Gasteiger partial charge in [-0.15, -0.1) is 0 Å². The van der Waals surface area contributed by atoms with Crippen molar-refractivity contribution in [1.29, 1.82) is 0 Å². The lowest BCUT2D eigenvalue weighted by atomic mass is 9.70. The summed E-state index contributed by atoms with van der Waals surface area (Å²) < 4.78 is 31.9. The molecule has 1 aromatic heterocycles. The maximum absolute atomic E-state index is 12.3. The summed E-state index contributed by atoms with van der Waals surface area (Å²) in [4.78, 5) is 12.1. The van der Waals surface area contributed by atoms with Gasteiger partial charge in [-0.3, -0.25) is 4.79 Å². The average molecular weight is 397 g/mol. The summed E-state index contributed by atoms with van der Waals surface area (Å²) in [5.74, 6) is 0.524. The third-order valence-corrected chi connectivity index (χ3v) is 8.41. The van der Waals surface area contributed by atoms with E-state index >= 15 is 0 Å². The van der Waals surface area contributed by atoms with Crippen LogP contribution >= 0.6 is 0 Å². The molecule has 0 radical (unpaired) electrons. The second-order valence-electron chi connectivity index (χ2n) is 8.39. The molecule has 0 aliphatic heterocycles. The van der Waals surface area contributed by atoms with Gasteiger partial charge in [0, 0.05) is 24.1 Å². The Morgan fingerprint density at radius 2 is 2.04 bits per heavy atom. The quantitative estimate of drug-likeness (QED) is 0.716. The molecule has 1 heterocycles. The summed E-state index contributed by atoms with van der Waals surface area (Å²) in [7, 11) is -3.76. The predicted octanol–water partition coefficient (Wildman–Crippen LogP) is 2.28. The number of hydrogen-bond donors (Lipinski definition) is 2. The van der Waals surface area contributed by atoms with Crippen LogP contribution in [0.4, 0.5) is 0 Å². The Kier molecular flexibility index (Phi) is 4.96. The number of rotatable bonds is 6. The van der Waals surface area contributed by atoms with Gasteiger partial charge in [-0.1, -0.05) is 25.9 Å². The van der Waals surface area contributed by atoms with Crippen LogP contribution in [0.2, 0.25) is 0 Å². The Labute approximate surface area is 160 Å². The van der Waals surface area contributed by atoms with Gasteiger partial charge in [-0.2, -0.15) is 5.10 Å². The van der Waals surface area contributed by atoms with Crippen molar-refractivity contribution >= 4 is 21.6 Å². The van der Waals surface area contributed by atoms with Crippen molar-refractivity contribution in [2.75, 3.05) is 6.54 Å². The average Bonchev–Trinajstić information content (AvgIpc) is 3.09. The number of amides is 1. The van der Waals surface area contributed by atoms with Crippen LogP contribution in [0, 0.1) is 30.6 Å². The van der Waals surface area contributed by atoms with Crippen LogP contribution in [0.5, 0.6) is 0 Å². The molecular formula is C18H28N4O4S. The van der Waals surface area contributed by atoms with Gasteiger partial charge in [0.1, 0.15) is 10.6 Å². The monoisotopic (exact) mass is 396 g/mol. The van der Waals surface area contributed by atoms with Crippen molar-refractivity contribution in [2.45, 2.75) is 65.2 Å². The Morgan fingerprint density at radius 1 is 1.33 bits per heavy atom. The van der Waals surface area contributed by atoms with Gasteiger partial charge in [-0.25, -0.2) is 18.6 Å². The molecule has 2 fully saturated rings. The molecular weight excluding hydrogens is 368 g/mol. The zero-order chi connectivity index (χ0) is 20.0. The largest absolute Gasteiger partial charge is 0.360 e. The number of nitrogens with zero attached hydrogens (tertiary/aromatic N) is 2. The fourth-order valence-corrected chi connectivity index (χ4v) is 5.87. The SMILES string of the molecule is Cc1noc(C)c1S(=O)(=O)NCCC(=O)N/N=C1\C[C@H]2CC[C@]1(C)C2(C)C. The molecule has 2 aliphatic carbocycles. The lowest BCUT2D eigenvalue weighted by Crippen LogP contribution is -2.35. The van der Waals surface area contributed by atoms with Crippen LogP contribution in [0.25, 0.3) is 0 Å². The second-order valence-corrected chi connectivity index (χ2v) is 10.1. The topological polar surface area (TPSA) is 114 Å². The van der Waals surface area contributed by atoms with E-state index in [0.29, 0.717) is 11.6 Å². The maximum atomic E-state index is 12.3. The highest BCUT2D eigenvalue weighted by Gasteiger charge is 2.60. The number of nitrogens with one attached hydrogen (secondary N) is 2. The number of sulfonamides is 1. The van der Waals surface area contributed by atoms with E-state index in [1.54, 1.807) is 6.92 Å². The zero-order valence-corrected chi connectivity index (χ0v) is 17.4. The molecule has 27 heavy (non-hydrogen) atoms. The van der Waals surface area contributed by atoms with Crippen LogP contribution in [0.3, 0.4) is 0 Å². The summed E-state index contributed by atoms with van der Waals surface area (Å²) in [6.07, 6.45) is 3.22. The van der Waals surface area contributed by atoms with E-state index in [0.717, 1.165) is 18.6 Å². The first-order chi connectivity index (χ1) is 12.5. The van der Waals surface area contributed by atoms with Crippen molar-refractivity contribution in [3.63, 3.8) is 0 Å². The minimum atomic E-state index is -3.76. The maximum Gasteiger partial charge on any atom is 0.245 e. The molecule has 150 valence electrons. The molecule has 9 heteroatoms. The lowest BCUT2D eigenvalue weighted by molar-refractivity contribution is -0.120. The first kappa shape index (κ1) is 20.0. The van der Waals surface area contributed by atoms with Crippen molar-refractivity contribution in [2.24, 2.45) is 21.8 Å². The number of aromatic nitrogens is 1. The second kappa shape index (κ2) is 6.70. The smallest absolute Gasteiger partial charge is 0.245 e. The molecule has 0 unspecified atom stereocenters. The molecule has 3 rings (SSSR count). The Bertz CT molecular complexity index is 868. The number of carbonyl (C=O) groups excluding carboxylic acids is 1. The molecule has 8 nitrogen and oxygen atoms in total. The molecule has 2 bridgehead atoms. The van der Waals surface area contributed by atoms with Gasteiger partial charge in [0.05, 0.1) is 0 Å². The fraction of sp³-hybridized carbons (Fsp3) is 0.722. The van der Waals surface area contributed by atoms with Crippen LogP contribution in [-0.4, -0.2) is 31.7 Å². The van der Waals surface area contributed by atoms with Gasteiger partial charge >= 0.3 is 0 Å². The molecule has 2 atom stereocenters. The lowest BCUT2D eigenvalue weighted by Gasteiger charge is -2.34. The highest BCUT2D eigenvalue weighted by atomic mass is 32.2. The van der Waals surface area contributed by atoms with Gasteiger partial charge in [0.2, 0.25) is 15.9 Å². The molecule has 2 aliphatic rings. The van der Waals surface area contributed by atoms with E-state index in [4.69, 9.17) is 4.52 Å². The number of carbonyl (C=O) groups is 1. The number of hydrazone groups is 1. The first-order valence-electron chi connectivity index (χ1n) is 9.27. The van der Waals surface area contributed by atoms with Crippen LogP contribution in [0.15, 0.2) is 14.5 Å². The van der Waals surface area contributed by atoms with Crippen LogP contribution < -0.4 is 10.1 Å². The molecule has 1 aromatic rings. The summed E-state index contributed by atoms with van der Waals surface area (Å²) in [5, 5.41) is 8.03. The molecule has 1 amide bonds. The number of fused-ring (bicyclic) bond motifs is 2. The molecule has 0 saturated heterocycles. The summed E-state index contributed by atoms with van der Waals surface area (Å²) in [6.45, 7) is 9.86. The van der Waals surface area contributed by atoms with E-state index in [-0.39, 0.29) is 40.4 Å². The first-order valence-corrected chi connectivity index (χ1v) is 10.8. The highest BCUT2D eigenvalue weighted by molar-refractivity contribution is 7.89. The Hall–Kier alpha value is -1.74. The van der Waals surface area contributed by atoms with Crippen molar-refractivity contribution < 1.29 is 17.7 Å². The highest BCUT2D eigenvalue weighted by Crippen LogP contribution is 2.63. The van der Waals surface area contributed by atoms with E-state index in [1.807, 2.05) is 0 Å². The minimum absolute atomic E-state index is 0.00290. The zero-order valence-electron chi connectivity index (χ0n) is 16.5. The molecule has 2 N–H and O–H groups in total. The van der Waals surface area contributed by atoms with Gasteiger partial charge < -0.3 is 4.52 Å². The third kappa shape index (κ3) is 3.31. The summed E-state index contributed by atoms with van der Waals surface area (Å²) in [6, 6.07) is 0. The summed E-state index contributed by atoms with van der Waals surface area (Å²) in [5.41, 5.74) is 4.16. The van der Waals surface area contributed by atoms with Crippen molar-refractivity contribution in [1.82, 2.24) is 15.3 Å². The van der Waals surface area contributed by atoms with Crippen LogP contribution in [-0.2, 0) is 14.8 Å². The molecule has 0 spiro atoms. The Morgan fingerprint density at radius 3 is 2.56 bits per heavy atom. The van der Waals surface area contributed by atoms with E-state index in [9.17, 15) is 13.2 Å². The molecule has 0 aromatic carbocycles. The van der Waals surface area contributed by atoms with E-state index < -0.39 is 10.0 Å². The molecule has 2 saturated carbocycles. The predicted molar refractivity (Wildman–Crippen MR) is 101 cm³/mol. The van der Waals surface area contributed by atoms with E-state index in [2.05, 4.69) is 41.2 Å². The fourth-order valence-electron chi connectivity index (χ4n) is 4.51.